The Bertz CT molecular complexity index is 1000. The molecule has 1 heterocycles. The lowest BCUT2D eigenvalue weighted by Gasteiger charge is -2.23. The number of nitrogens with one attached hydrogen (secondary N) is 2. The highest BCUT2D eigenvalue weighted by Crippen LogP contribution is 2.25. The second kappa shape index (κ2) is 10.7. The van der Waals surface area contributed by atoms with Gasteiger partial charge in [0.1, 0.15) is 4.90 Å². The van der Waals surface area contributed by atoms with Crippen LogP contribution in [0.3, 0.4) is 0 Å². The molecule has 0 saturated heterocycles. The summed E-state index contributed by atoms with van der Waals surface area (Å²) in [7, 11) is -2.09. The number of sulfonamides is 1. The summed E-state index contributed by atoms with van der Waals surface area (Å²) in [5.41, 5.74) is 1.99. The summed E-state index contributed by atoms with van der Waals surface area (Å²) in [5.74, 6) is -0.180. The van der Waals surface area contributed by atoms with Gasteiger partial charge in [-0.1, -0.05) is 36.4 Å². The molecule has 0 fully saturated rings. The van der Waals surface area contributed by atoms with E-state index in [-0.39, 0.29) is 29.9 Å². The predicted octanol–water partition coefficient (Wildman–Crippen LogP) is 2.46. The van der Waals surface area contributed by atoms with Gasteiger partial charge < -0.3 is 10.1 Å². The van der Waals surface area contributed by atoms with E-state index in [1.807, 2.05) is 37.3 Å². The SMILES string of the molecule is CCOC(CC(=O)NC(CNS(=O)(=O)c1cnn(C)c1)c1ccccc1)C1=CCCC1. The number of allylic oxidation sites excluding steroid dienone is 1. The van der Waals surface area contributed by atoms with Gasteiger partial charge in [0.2, 0.25) is 15.9 Å². The lowest BCUT2D eigenvalue weighted by atomic mass is 10.0. The number of rotatable bonds is 11. The van der Waals surface area contributed by atoms with E-state index in [0.717, 1.165) is 24.8 Å². The molecule has 0 aliphatic heterocycles. The molecule has 1 aromatic heterocycles. The Morgan fingerprint density at radius 3 is 2.68 bits per heavy atom. The number of ether oxygens (including phenoxy) is 1. The van der Waals surface area contributed by atoms with Gasteiger partial charge in [0.25, 0.3) is 0 Å². The maximum Gasteiger partial charge on any atom is 0.243 e. The van der Waals surface area contributed by atoms with Crippen LogP contribution in [0.5, 0.6) is 0 Å². The van der Waals surface area contributed by atoms with Crippen LogP contribution in [-0.2, 0) is 26.6 Å². The highest BCUT2D eigenvalue weighted by Gasteiger charge is 2.24. The van der Waals surface area contributed by atoms with E-state index in [0.29, 0.717) is 6.61 Å². The predicted molar refractivity (Wildman–Crippen MR) is 118 cm³/mol. The summed E-state index contributed by atoms with van der Waals surface area (Å²) in [6.07, 6.45) is 7.90. The van der Waals surface area contributed by atoms with Crippen molar-refractivity contribution in [1.29, 1.82) is 0 Å². The van der Waals surface area contributed by atoms with Crippen molar-refractivity contribution in [3.8, 4) is 0 Å². The zero-order valence-electron chi connectivity index (χ0n) is 18.0. The molecule has 9 heteroatoms. The Kier molecular flexibility index (Phi) is 8.00. The van der Waals surface area contributed by atoms with Crippen LogP contribution in [0, 0.1) is 0 Å². The molecule has 2 aromatic rings. The molecule has 0 saturated carbocycles. The number of hydrogen-bond donors (Lipinski definition) is 2. The number of hydrogen-bond acceptors (Lipinski definition) is 5. The highest BCUT2D eigenvalue weighted by molar-refractivity contribution is 7.89. The van der Waals surface area contributed by atoms with Crippen molar-refractivity contribution < 1.29 is 17.9 Å². The van der Waals surface area contributed by atoms with E-state index in [1.54, 1.807) is 7.05 Å². The average molecular weight is 447 g/mol. The van der Waals surface area contributed by atoms with E-state index >= 15 is 0 Å². The van der Waals surface area contributed by atoms with Crippen molar-refractivity contribution >= 4 is 15.9 Å². The number of benzene rings is 1. The standard InChI is InChI=1S/C22H30N4O4S/c1-3-30-21(18-11-7-8-12-18)13-22(27)25-20(17-9-5-4-6-10-17)15-24-31(28,29)19-14-23-26(2)16-19/h4-6,9-11,14,16,20-21,24H,3,7-8,12-13,15H2,1-2H3,(H,25,27). The zero-order chi connectivity index (χ0) is 22.3. The molecule has 0 bridgehead atoms. The molecule has 31 heavy (non-hydrogen) atoms. The number of carbonyl (C=O) groups excluding carboxylic acids is 1. The summed E-state index contributed by atoms with van der Waals surface area (Å²) in [5, 5.41) is 6.89. The Balaban J connectivity index is 1.69. The fraction of sp³-hybridized carbons (Fsp3) is 0.455. The first-order valence-electron chi connectivity index (χ1n) is 10.5. The van der Waals surface area contributed by atoms with Gasteiger partial charge in [-0.3, -0.25) is 9.48 Å². The van der Waals surface area contributed by atoms with Gasteiger partial charge in [-0.15, -0.1) is 0 Å². The summed E-state index contributed by atoms with van der Waals surface area (Å²) in [6, 6.07) is 8.80. The molecular formula is C22H30N4O4S. The van der Waals surface area contributed by atoms with Crippen LogP contribution < -0.4 is 10.0 Å². The first-order valence-corrected chi connectivity index (χ1v) is 12.0. The minimum atomic E-state index is -3.74. The number of carbonyl (C=O) groups is 1. The van der Waals surface area contributed by atoms with Crippen molar-refractivity contribution in [2.75, 3.05) is 13.2 Å². The van der Waals surface area contributed by atoms with Crippen LogP contribution >= 0.6 is 0 Å². The Morgan fingerprint density at radius 2 is 2.06 bits per heavy atom. The Morgan fingerprint density at radius 1 is 1.29 bits per heavy atom. The monoisotopic (exact) mass is 446 g/mol. The van der Waals surface area contributed by atoms with Crippen LogP contribution in [0.15, 0.2) is 59.3 Å². The van der Waals surface area contributed by atoms with Crippen molar-refractivity contribution in [2.45, 2.75) is 49.6 Å². The molecule has 168 valence electrons. The molecule has 1 aliphatic rings. The maximum absolute atomic E-state index is 12.9. The second-order valence-corrected chi connectivity index (χ2v) is 9.32. The summed E-state index contributed by atoms with van der Waals surface area (Å²) >= 11 is 0. The molecular weight excluding hydrogens is 416 g/mol. The van der Waals surface area contributed by atoms with Gasteiger partial charge in [0.05, 0.1) is 24.8 Å². The smallest absolute Gasteiger partial charge is 0.243 e. The van der Waals surface area contributed by atoms with Gasteiger partial charge in [-0.05, 0) is 37.3 Å². The third-order valence-corrected chi connectivity index (χ3v) is 6.61. The molecule has 1 aromatic carbocycles. The molecule has 2 atom stereocenters. The molecule has 2 N–H and O–H groups in total. The van der Waals surface area contributed by atoms with Crippen LogP contribution in [-0.4, -0.2) is 43.4 Å². The average Bonchev–Trinajstić information content (AvgIpc) is 3.44. The van der Waals surface area contributed by atoms with Crippen LogP contribution in [0.4, 0.5) is 0 Å². The molecule has 2 unspecified atom stereocenters. The zero-order valence-corrected chi connectivity index (χ0v) is 18.8. The van der Waals surface area contributed by atoms with Gasteiger partial charge in [-0.25, -0.2) is 13.1 Å². The number of nitrogens with zero attached hydrogens (tertiary/aromatic N) is 2. The van der Waals surface area contributed by atoms with Crippen LogP contribution in [0.1, 0.15) is 44.2 Å². The maximum atomic E-state index is 12.9. The van der Waals surface area contributed by atoms with E-state index in [4.69, 9.17) is 4.74 Å². The molecule has 0 spiro atoms. The third-order valence-electron chi connectivity index (χ3n) is 5.23. The lowest BCUT2D eigenvalue weighted by Crippen LogP contribution is -2.39. The fourth-order valence-electron chi connectivity index (χ4n) is 3.66. The minimum absolute atomic E-state index is 0.0228. The summed E-state index contributed by atoms with van der Waals surface area (Å²) in [6.45, 7) is 2.47. The van der Waals surface area contributed by atoms with Crippen molar-refractivity contribution in [3.63, 3.8) is 0 Å². The van der Waals surface area contributed by atoms with Crippen molar-refractivity contribution in [1.82, 2.24) is 19.8 Å². The molecule has 3 rings (SSSR count). The number of amides is 1. The molecule has 1 amide bonds. The largest absolute Gasteiger partial charge is 0.374 e. The first-order chi connectivity index (χ1) is 14.9. The molecule has 1 aliphatic carbocycles. The molecule has 0 radical (unpaired) electrons. The van der Waals surface area contributed by atoms with E-state index in [9.17, 15) is 13.2 Å². The summed E-state index contributed by atoms with van der Waals surface area (Å²) in [4.78, 5) is 12.9. The topological polar surface area (TPSA) is 102 Å². The first kappa shape index (κ1) is 23.2. The quantitative estimate of drug-likeness (QED) is 0.516. The van der Waals surface area contributed by atoms with Crippen molar-refractivity contribution in [3.05, 3.63) is 59.9 Å². The normalized spacial score (nSPS) is 16.0. The van der Waals surface area contributed by atoms with Gasteiger partial charge in [-0.2, -0.15) is 5.10 Å². The minimum Gasteiger partial charge on any atom is -0.374 e. The number of aryl methyl sites for hydroxylation is 1. The van der Waals surface area contributed by atoms with Crippen LogP contribution in [0.25, 0.3) is 0 Å². The fourth-order valence-corrected chi connectivity index (χ4v) is 4.69. The molecule has 8 nitrogen and oxygen atoms in total. The number of aromatic nitrogens is 2. The third kappa shape index (κ3) is 6.49. The van der Waals surface area contributed by atoms with E-state index in [1.165, 1.54) is 22.6 Å². The van der Waals surface area contributed by atoms with Gasteiger partial charge in [0.15, 0.2) is 0 Å². The highest BCUT2D eigenvalue weighted by atomic mass is 32.2. The van der Waals surface area contributed by atoms with Gasteiger partial charge in [0, 0.05) is 26.4 Å². The van der Waals surface area contributed by atoms with E-state index < -0.39 is 16.1 Å². The Hall–Kier alpha value is -2.49. The van der Waals surface area contributed by atoms with Crippen molar-refractivity contribution in [2.24, 2.45) is 7.05 Å². The summed E-state index contributed by atoms with van der Waals surface area (Å²) < 4.78 is 35.0. The van der Waals surface area contributed by atoms with E-state index in [2.05, 4.69) is 21.2 Å². The Labute approximate surface area is 183 Å². The van der Waals surface area contributed by atoms with Gasteiger partial charge >= 0.3 is 0 Å². The lowest BCUT2D eigenvalue weighted by molar-refractivity contribution is -0.124. The second-order valence-electron chi connectivity index (χ2n) is 7.55. The van der Waals surface area contributed by atoms with Crippen LogP contribution in [0.2, 0.25) is 0 Å².